The summed E-state index contributed by atoms with van der Waals surface area (Å²) in [5.41, 5.74) is 1.03. The number of carbonyl (C=O) groups excluding carboxylic acids is 1. The number of rotatable bonds is 5. The molecule has 0 spiro atoms. The first kappa shape index (κ1) is 12.9. The minimum absolute atomic E-state index is 0.00463. The molecule has 5 nitrogen and oxygen atoms in total. The smallest absolute Gasteiger partial charge is 0.233 e. The molecule has 0 unspecified atom stereocenters. The molecular weight excluding hydrogens is 224 g/mol. The molecule has 1 aromatic heterocycles. The van der Waals surface area contributed by atoms with E-state index in [1.165, 1.54) is 4.88 Å². The summed E-state index contributed by atoms with van der Waals surface area (Å²) in [4.78, 5) is 18.6. The lowest BCUT2D eigenvalue weighted by Gasteiger charge is -2.05. The largest absolute Gasteiger partial charge is 0.358 e. The van der Waals surface area contributed by atoms with E-state index in [9.17, 15) is 4.79 Å². The molecule has 6 heteroatoms. The third kappa shape index (κ3) is 3.46. The molecule has 16 heavy (non-hydrogen) atoms. The van der Waals surface area contributed by atoms with Crippen molar-refractivity contribution in [1.29, 1.82) is 0 Å². The summed E-state index contributed by atoms with van der Waals surface area (Å²) in [5.74, 6) is -0.00463. The van der Waals surface area contributed by atoms with Crippen molar-refractivity contribution in [2.24, 2.45) is 0 Å². The zero-order chi connectivity index (χ0) is 12.1. The van der Waals surface area contributed by atoms with Crippen LogP contribution in [0.2, 0.25) is 0 Å². The molecule has 90 valence electrons. The highest BCUT2D eigenvalue weighted by Gasteiger charge is 2.08. The summed E-state index contributed by atoms with van der Waals surface area (Å²) >= 11 is 1.65. The summed E-state index contributed by atoms with van der Waals surface area (Å²) in [7, 11) is 5.58. The van der Waals surface area contributed by atoms with Crippen molar-refractivity contribution in [3.8, 4) is 0 Å². The van der Waals surface area contributed by atoms with Gasteiger partial charge in [0.25, 0.3) is 0 Å². The van der Waals surface area contributed by atoms with Crippen molar-refractivity contribution in [2.45, 2.75) is 13.5 Å². The Balaban J connectivity index is 2.51. The lowest BCUT2D eigenvalue weighted by atomic mass is 10.4. The molecule has 0 saturated heterocycles. The van der Waals surface area contributed by atoms with E-state index in [1.54, 1.807) is 18.4 Å². The number of anilines is 1. The first-order valence-corrected chi connectivity index (χ1v) is 5.91. The summed E-state index contributed by atoms with van der Waals surface area (Å²) in [6.45, 7) is 3.01. The Labute approximate surface area is 99.9 Å². The first-order valence-electron chi connectivity index (χ1n) is 5.09. The number of nitrogens with one attached hydrogen (secondary N) is 2. The molecule has 1 rings (SSSR count). The Morgan fingerprint density at radius 1 is 1.50 bits per heavy atom. The lowest BCUT2D eigenvalue weighted by Crippen LogP contribution is -2.30. The molecule has 0 fully saturated rings. The number of aromatic nitrogens is 1. The van der Waals surface area contributed by atoms with Crippen molar-refractivity contribution in [1.82, 2.24) is 15.6 Å². The number of thiazole rings is 1. The van der Waals surface area contributed by atoms with Crippen LogP contribution < -0.4 is 15.5 Å². The second kappa shape index (κ2) is 5.81. The fourth-order valence-corrected chi connectivity index (χ4v) is 2.10. The Bertz CT molecular complexity index is 362. The average molecular weight is 242 g/mol. The summed E-state index contributed by atoms with van der Waals surface area (Å²) < 4.78 is 0. The Morgan fingerprint density at radius 3 is 2.69 bits per heavy atom. The van der Waals surface area contributed by atoms with Gasteiger partial charge >= 0.3 is 0 Å². The normalized spacial score (nSPS) is 10.2. The molecule has 0 radical (unpaired) electrons. The maximum atomic E-state index is 11.0. The van der Waals surface area contributed by atoms with Crippen LogP contribution in [0.1, 0.15) is 10.6 Å². The topological polar surface area (TPSA) is 57.3 Å². The fourth-order valence-electron chi connectivity index (χ4n) is 1.15. The number of nitrogens with zero attached hydrogens (tertiary/aromatic N) is 2. The SMILES string of the molecule is CNC(=O)CNCc1sc(N(C)C)nc1C. The molecular formula is C10H18N4OS. The van der Waals surface area contributed by atoms with Crippen molar-refractivity contribution in [3.05, 3.63) is 10.6 Å². The Kier molecular flexibility index (Phi) is 4.70. The highest BCUT2D eigenvalue weighted by molar-refractivity contribution is 7.15. The number of carbonyl (C=O) groups is 1. The number of aryl methyl sites for hydroxylation is 1. The van der Waals surface area contributed by atoms with Crippen LogP contribution in [0.15, 0.2) is 0 Å². The third-order valence-electron chi connectivity index (χ3n) is 2.11. The van der Waals surface area contributed by atoms with E-state index in [1.807, 2.05) is 25.9 Å². The van der Waals surface area contributed by atoms with Crippen LogP contribution in [-0.2, 0) is 11.3 Å². The van der Waals surface area contributed by atoms with Crippen LogP contribution in [0.4, 0.5) is 5.13 Å². The van der Waals surface area contributed by atoms with Crippen LogP contribution in [0.5, 0.6) is 0 Å². The second-order valence-electron chi connectivity index (χ2n) is 3.68. The zero-order valence-corrected chi connectivity index (χ0v) is 10.9. The highest BCUT2D eigenvalue weighted by Crippen LogP contribution is 2.23. The molecule has 0 aliphatic rings. The summed E-state index contributed by atoms with van der Waals surface area (Å²) in [6, 6.07) is 0. The van der Waals surface area contributed by atoms with Crippen LogP contribution in [0.25, 0.3) is 0 Å². The van der Waals surface area contributed by atoms with Gasteiger partial charge in [0.15, 0.2) is 5.13 Å². The molecule has 0 atom stereocenters. The van der Waals surface area contributed by atoms with Gasteiger partial charge in [-0.25, -0.2) is 4.98 Å². The minimum Gasteiger partial charge on any atom is -0.358 e. The quantitative estimate of drug-likeness (QED) is 0.782. The number of amides is 1. The van der Waals surface area contributed by atoms with E-state index in [4.69, 9.17) is 0 Å². The average Bonchev–Trinajstić information content (AvgIpc) is 2.60. The van der Waals surface area contributed by atoms with Gasteiger partial charge in [0.05, 0.1) is 12.2 Å². The van der Waals surface area contributed by atoms with Crippen molar-refractivity contribution < 1.29 is 4.79 Å². The van der Waals surface area contributed by atoms with E-state index >= 15 is 0 Å². The summed E-state index contributed by atoms with van der Waals surface area (Å²) in [5, 5.41) is 6.65. The van der Waals surface area contributed by atoms with Crippen molar-refractivity contribution in [3.63, 3.8) is 0 Å². The molecule has 0 saturated carbocycles. The van der Waals surface area contributed by atoms with E-state index in [0.717, 1.165) is 10.8 Å². The number of hydrogen-bond donors (Lipinski definition) is 2. The molecule has 0 bridgehead atoms. The van der Waals surface area contributed by atoms with E-state index in [2.05, 4.69) is 15.6 Å². The predicted molar refractivity (Wildman–Crippen MR) is 67.0 cm³/mol. The highest BCUT2D eigenvalue weighted by atomic mass is 32.1. The van der Waals surface area contributed by atoms with E-state index in [0.29, 0.717) is 13.1 Å². The van der Waals surface area contributed by atoms with Gasteiger partial charge in [0.1, 0.15) is 0 Å². The van der Waals surface area contributed by atoms with Gasteiger partial charge in [0.2, 0.25) is 5.91 Å². The van der Waals surface area contributed by atoms with Crippen LogP contribution in [0, 0.1) is 6.92 Å². The van der Waals surface area contributed by atoms with Gasteiger partial charge < -0.3 is 15.5 Å². The second-order valence-corrected chi connectivity index (χ2v) is 4.74. The molecule has 1 aromatic rings. The van der Waals surface area contributed by atoms with Crippen LogP contribution in [-0.4, -0.2) is 38.6 Å². The maximum Gasteiger partial charge on any atom is 0.233 e. The van der Waals surface area contributed by atoms with Gasteiger partial charge in [-0.2, -0.15) is 0 Å². The third-order valence-corrected chi connectivity index (χ3v) is 3.44. The van der Waals surface area contributed by atoms with Crippen molar-refractivity contribution >= 4 is 22.4 Å². The Hall–Kier alpha value is -1.14. The molecule has 2 N–H and O–H groups in total. The van der Waals surface area contributed by atoms with Gasteiger partial charge in [-0.05, 0) is 6.92 Å². The monoisotopic (exact) mass is 242 g/mol. The number of hydrogen-bond acceptors (Lipinski definition) is 5. The minimum atomic E-state index is -0.00463. The molecule has 0 aliphatic carbocycles. The van der Waals surface area contributed by atoms with Gasteiger partial charge in [0, 0.05) is 32.6 Å². The maximum absolute atomic E-state index is 11.0. The molecule has 0 aromatic carbocycles. The van der Waals surface area contributed by atoms with Gasteiger partial charge in [-0.1, -0.05) is 0 Å². The fraction of sp³-hybridized carbons (Fsp3) is 0.600. The number of likely N-dealkylation sites (N-methyl/N-ethyl adjacent to an activating group) is 1. The zero-order valence-electron chi connectivity index (χ0n) is 10.1. The molecule has 1 amide bonds. The predicted octanol–water partition coefficient (Wildman–Crippen LogP) is 0.353. The lowest BCUT2D eigenvalue weighted by molar-refractivity contribution is -0.119. The first-order chi connectivity index (χ1) is 7.54. The van der Waals surface area contributed by atoms with E-state index in [-0.39, 0.29) is 5.91 Å². The van der Waals surface area contributed by atoms with Crippen LogP contribution >= 0.6 is 11.3 Å². The van der Waals surface area contributed by atoms with Crippen LogP contribution in [0.3, 0.4) is 0 Å². The van der Waals surface area contributed by atoms with Crippen molar-refractivity contribution in [2.75, 3.05) is 32.6 Å². The molecule has 0 aliphatic heterocycles. The van der Waals surface area contributed by atoms with Gasteiger partial charge in [-0.3, -0.25) is 4.79 Å². The standard InChI is InChI=1S/C10H18N4OS/c1-7-8(5-12-6-9(15)11-2)16-10(13-7)14(3)4/h12H,5-6H2,1-4H3,(H,11,15). The van der Waals surface area contributed by atoms with Gasteiger partial charge in [-0.15, -0.1) is 11.3 Å². The summed E-state index contributed by atoms with van der Waals surface area (Å²) in [6.07, 6.45) is 0. The van der Waals surface area contributed by atoms with E-state index < -0.39 is 0 Å². The Morgan fingerprint density at radius 2 is 2.19 bits per heavy atom. The molecule has 1 heterocycles.